The zero-order valence-electron chi connectivity index (χ0n) is 11.9. The summed E-state index contributed by atoms with van der Waals surface area (Å²) in [5, 5.41) is 18.9. The lowest BCUT2D eigenvalue weighted by atomic mass is 10.1. The number of nitrogens with one attached hydrogen (secondary N) is 1. The molecular weight excluding hydrogens is 254 g/mol. The number of anilines is 1. The first-order valence-electron chi connectivity index (χ1n) is 7.33. The molecule has 1 fully saturated rings. The van der Waals surface area contributed by atoms with E-state index < -0.39 is 0 Å². The lowest BCUT2D eigenvalue weighted by molar-refractivity contribution is 0.204. The van der Waals surface area contributed by atoms with Crippen molar-refractivity contribution in [1.29, 1.82) is 0 Å². The predicted octanol–water partition coefficient (Wildman–Crippen LogP) is 1.05. The maximum Gasteiger partial charge on any atom is 0.200 e. The van der Waals surface area contributed by atoms with Crippen LogP contribution < -0.4 is 5.32 Å². The van der Waals surface area contributed by atoms with Gasteiger partial charge >= 0.3 is 0 Å². The minimum atomic E-state index is 0.597. The molecular formula is C13H21N7. The molecule has 0 aromatic carbocycles. The molecule has 0 bridgehead atoms. The van der Waals surface area contributed by atoms with Gasteiger partial charge in [-0.05, 0) is 54.4 Å². The van der Waals surface area contributed by atoms with Gasteiger partial charge in [0, 0.05) is 13.1 Å². The second-order valence-corrected chi connectivity index (χ2v) is 5.59. The van der Waals surface area contributed by atoms with E-state index in [-0.39, 0.29) is 0 Å². The highest BCUT2D eigenvalue weighted by Gasteiger charge is 2.13. The molecule has 0 amide bonds. The molecule has 0 saturated carbocycles. The highest BCUT2D eigenvalue weighted by atomic mass is 15.6. The van der Waals surface area contributed by atoms with Gasteiger partial charge in [-0.15, -0.1) is 14.8 Å². The second kappa shape index (κ2) is 6.13. The van der Waals surface area contributed by atoms with Crippen molar-refractivity contribution in [2.24, 2.45) is 5.92 Å². The maximum absolute atomic E-state index is 4.31. The Balaban J connectivity index is 1.50. The molecule has 0 aliphatic carbocycles. The van der Waals surface area contributed by atoms with E-state index in [0.717, 1.165) is 18.9 Å². The Labute approximate surface area is 118 Å². The fraction of sp³-hybridized carbons (Fsp3) is 0.692. The zero-order chi connectivity index (χ0) is 13.8. The van der Waals surface area contributed by atoms with Crippen LogP contribution in [0, 0.1) is 5.92 Å². The normalized spacial score (nSPS) is 18.2. The summed E-state index contributed by atoms with van der Waals surface area (Å²) in [6.45, 7) is 6.84. The van der Waals surface area contributed by atoms with Crippen LogP contribution in [0.5, 0.6) is 0 Å². The van der Waals surface area contributed by atoms with Crippen molar-refractivity contribution in [1.82, 2.24) is 30.2 Å². The fourth-order valence-corrected chi connectivity index (χ4v) is 2.67. The minimum Gasteiger partial charge on any atom is -0.368 e. The molecule has 7 nitrogen and oxygen atoms in total. The number of likely N-dealkylation sites (tertiary alicyclic amines) is 1. The van der Waals surface area contributed by atoms with Crippen LogP contribution in [0.25, 0.3) is 5.65 Å². The molecule has 3 heterocycles. The van der Waals surface area contributed by atoms with Crippen LogP contribution in [-0.2, 0) is 0 Å². The molecule has 1 aliphatic rings. The molecule has 1 atom stereocenters. The summed E-state index contributed by atoms with van der Waals surface area (Å²) < 4.78 is 1.44. The van der Waals surface area contributed by atoms with E-state index in [1.165, 1.54) is 37.0 Å². The number of nitrogens with zero attached hydrogens (tertiary/aromatic N) is 6. The van der Waals surface area contributed by atoms with Gasteiger partial charge in [-0.25, -0.2) is 0 Å². The fourth-order valence-electron chi connectivity index (χ4n) is 2.67. The van der Waals surface area contributed by atoms with Crippen LogP contribution in [0.3, 0.4) is 0 Å². The first kappa shape index (κ1) is 13.2. The number of fused-ring (bicyclic) bond motifs is 1. The van der Waals surface area contributed by atoms with Gasteiger partial charge in [-0.2, -0.15) is 0 Å². The molecule has 2 aromatic rings. The average Bonchev–Trinajstić information content (AvgIpc) is 2.93. The number of aromatic nitrogens is 5. The van der Waals surface area contributed by atoms with Gasteiger partial charge < -0.3 is 10.2 Å². The standard InChI is InChI=1S/C13H21N7/c1-11(10-19-7-3-2-4-8-19)9-14-12-5-6-13-15-17-18-20(13)16-12/h5-6,11H,2-4,7-10H2,1H3,(H,14,16). The first-order valence-corrected chi connectivity index (χ1v) is 7.33. The van der Waals surface area contributed by atoms with Crippen LogP contribution in [0.1, 0.15) is 26.2 Å². The van der Waals surface area contributed by atoms with Crippen LogP contribution in [-0.4, -0.2) is 56.3 Å². The van der Waals surface area contributed by atoms with Crippen molar-refractivity contribution in [2.75, 3.05) is 31.5 Å². The number of hydrogen-bond donors (Lipinski definition) is 1. The van der Waals surface area contributed by atoms with Crippen LogP contribution >= 0.6 is 0 Å². The molecule has 1 N–H and O–H groups in total. The summed E-state index contributed by atoms with van der Waals surface area (Å²) in [7, 11) is 0. The Bertz CT molecular complexity index is 546. The van der Waals surface area contributed by atoms with E-state index in [1.807, 2.05) is 12.1 Å². The summed E-state index contributed by atoms with van der Waals surface area (Å²) in [6, 6.07) is 3.78. The molecule has 0 spiro atoms. The quantitative estimate of drug-likeness (QED) is 0.879. The number of piperidine rings is 1. The van der Waals surface area contributed by atoms with Crippen LogP contribution in [0.15, 0.2) is 12.1 Å². The van der Waals surface area contributed by atoms with Gasteiger partial charge in [-0.3, -0.25) is 0 Å². The van der Waals surface area contributed by atoms with Crippen molar-refractivity contribution in [3.63, 3.8) is 0 Å². The zero-order valence-corrected chi connectivity index (χ0v) is 11.9. The molecule has 1 unspecified atom stereocenters. The highest BCUT2D eigenvalue weighted by molar-refractivity contribution is 5.41. The monoisotopic (exact) mass is 275 g/mol. The van der Waals surface area contributed by atoms with Gasteiger partial charge in [0.25, 0.3) is 0 Å². The first-order chi connectivity index (χ1) is 9.81. The molecule has 108 valence electrons. The molecule has 7 heteroatoms. The minimum absolute atomic E-state index is 0.597. The van der Waals surface area contributed by atoms with Crippen LogP contribution in [0.4, 0.5) is 5.82 Å². The summed E-state index contributed by atoms with van der Waals surface area (Å²) in [5.41, 5.74) is 0.664. The van der Waals surface area contributed by atoms with Gasteiger partial charge in [-0.1, -0.05) is 13.3 Å². The summed E-state index contributed by atoms with van der Waals surface area (Å²) in [4.78, 5) is 2.56. The number of hydrogen-bond acceptors (Lipinski definition) is 6. The van der Waals surface area contributed by atoms with Crippen molar-refractivity contribution in [2.45, 2.75) is 26.2 Å². The van der Waals surface area contributed by atoms with E-state index >= 15 is 0 Å². The van der Waals surface area contributed by atoms with Crippen molar-refractivity contribution in [3.05, 3.63) is 12.1 Å². The van der Waals surface area contributed by atoms with E-state index in [4.69, 9.17) is 0 Å². The van der Waals surface area contributed by atoms with E-state index in [2.05, 4.69) is 37.8 Å². The lowest BCUT2D eigenvalue weighted by Gasteiger charge is -2.29. The topological polar surface area (TPSA) is 71.2 Å². The van der Waals surface area contributed by atoms with Crippen LogP contribution in [0.2, 0.25) is 0 Å². The van der Waals surface area contributed by atoms with Crippen molar-refractivity contribution >= 4 is 11.5 Å². The summed E-state index contributed by atoms with van der Waals surface area (Å²) in [5.74, 6) is 1.41. The lowest BCUT2D eigenvalue weighted by Crippen LogP contribution is -2.35. The SMILES string of the molecule is CC(CNc1ccc2nnnn2n1)CN1CCCCC1. The Morgan fingerprint density at radius 2 is 2.10 bits per heavy atom. The Kier molecular flexibility index (Phi) is 4.05. The maximum atomic E-state index is 4.31. The molecule has 20 heavy (non-hydrogen) atoms. The molecule has 1 aliphatic heterocycles. The van der Waals surface area contributed by atoms with Gasteiger partial charge in [0.05, 0.1) is 0 Å². The van der Waals surface area contributed by atoms with Crippen molar-refractivity contribution in [3.8, 4) is 0 Å². The second-order valence-electron chi connectivity index (χ2n) is 5.59. The largest absolute Gasteiger partial charge is 0.368 e. The molecule has 0 radical (unpaired) electrons. The number of rotatable bonds is 5. The Morgan fingerprint density at radius 3 is 2.95 bits per heavy atom. The number of tetrazole rings is 1. The summed E-state index contributed by atoms with van der Waals surface area (Å²) in [6.07, 6.45) is 4.08. The molecule has 2 aromatic heterocycles. The van der Waals surface area contributed by atoms with E-state index in [1.54, 1.807) is 0 Å². The highest BCUT2D eigenvalue weighted by Crippen LogP contribution is 2.11. The third kappa shape index (κ3) is 3.22. The Morgan fingerprint density at radius 1 is 1.25 bits per heavy atom. The smallest absolute Gasteiger partial charge is 0.200 e. The van der Waals surface area contributed by atoms with Crippen molar-refractivity contribution < 1.29 is 0 Å². The molecule has 1 saturated heterocycles. The molecule has 3 rings (SSSR count). The van der Waals surface area contributed by atoms with E-state index in [9.17, 15) is 0 Å². The third-order valence-electron chi connectivity index (χ3n) is 3.72. The van der Waals surface area contributed by atoms with Gasteiger partial charge in [0.15, 0.2) is 5.65 Å². The summed E-state index contributed by atoms with van der Waals surface area (Å²) >= 11 is 0. The van der Waals surface area contributed by atoms with Gasteiger partial charge in [0.2, 0.25) is 0 Å². The third-order valence-corrected chi connectivity index (χ3v) is 3.72. The van der Waals surface area contributed by atoms with Gasteiger partial charge in [0.1, 0.15) is 5.82 Å². The Hall–Kier alpha value is -1.76. The van der Waals surface area contributed by atoms with E-state index in [0.29, 0.717) is 11.6 Å². The average molecular weight is 275 g/mol. The predicted molar refractivity (Wildman–Crippen MR) is 76.5 cm³/mol.